The van der Waals surface area contributed by atoms with Crippen molar-refractivity contribution in [3.05, 3.63) is 65.2 Å². The highest BCUT2D eigenvalue weighted by Crippen LogP contribution is 2.17. The molecule has 0 unspecified atom stereocenters. The number of carbonyl (C=O) groups is 3. The van der Waals surface area contributed by atoms with E-state index in [9.17, 15) is 14.4 Å². The molecule has 2 aromatic rings. The van der Waals surface area contributed by atoms with Crippen molar-refractivity contribution in [3.8, 4) is 23.7 Å². The molecule has 7 N–H and O–H groups in total. The Bertz CT molecular complexity index is 1170. The number of nitrogens with one attached hydrogen (secondary N) is 4. The molecule has 2 aromatic carbocycles. The van der Waals surface area contributed by atoms with E-state index in [0.29, 0.717) is 29.4 Å². The third-order valence-electron chi connectivity index (χ3n) is 5.42. The molecular weight excluding hydrogens is 458 g/mol. The van der Waals surface area contributed by atoms with Crippen molar-refractivity contribution in [3.63, 3.8) is 0 Å². The lowest BCUT2D eigenvalue weighted by molar-refractivity contribution is -0.130. The van der Waals surface area contributed by atoms with Gasteiger partial charge in [-0.2, -0.15) is 0 Å². The van der Waals surface area contributed by atoms with Gasteiger partial charge < -0.3 is 21.7 Å². The van der Waals surface area contributed by atoms with Crippen LogP contribution < -0.4 is 27.2 Å². The van der Waals surface area contributed by atoms with Crippen LogP contribution in [0.2, 0.25) is 0 Å². The quantitative estimate of drug-likeness (QED) is 0.188. The fourth-order valence-corrected chi connectivity index (χ4v) is 3.15. The number of benzene rings is 2. The molecule has 0 heterocycles. The maximum atomic E-state index is 12.2. The van der Waals surface area contributed by atoms with E-state index in [2.05, 4.69) is 39.6 Å². The standard InChI is InChI=1S/C26H27N5O4.CH4/c27-16-23(26(34)31-35)30-25(33)20-12-8-18(9-13-20)4-1-2-5-19-10-14-22(15-11-19)29-24(32)17-28-21-6-3-7-21;/h8-15,21,23,28,35H,3,6-7,16-17,27H2,(H,29,32)(H,30,33)(H,31,34);1H4/t23-;/m0./s1. The summed E-state index contributed by atoms with van der Waals surface area (Å²) >= 11 is 0. The number of hydrogen-bond donors (Lipinski definition) is 6. The van der Waals surface area contributed by atoms with Crippen LogP contribution in [0.15, 0.2) is 48.5 Å². The Kier molecular flexibility index (Phi) is 11.2. The van der Waals surface area contributed by atoms with Gasteiger partial charge in [0.15, 0.2) is 0 Å². The van der Waals surface area contributed by atoms with Crippen LogP contribution in [0.4, 0.5) is 5.69 Å². The van der Waals surface area contributed by atoms with Gasteiger partial charge in [0, 0.05) is 35.0 Å². The normalized spacial score (nSPS) is 12.7. The van der Waals surface area contributed by atoms with Gasteiger partial charge in [0.2, 0.25) is 5.91 Å². The maximum absolute atomic E-state index is 12.2. The van der Waals surface area contributed by atoms with Gasteiger partial charge in [-0.3, -0.25) is 19.6 Å². The number of hydroxylamine groups is 1. The minimum atomic E-state index is -1.04. The molecule has 0 radical (unpaired) electrons. The van der Waals surface area contributed by atoms with Crippen LogP contribution in [-0.4, -0.2) is 48.1 Å². The third-order valence-corrected chi connectivity index (χ3v) is 5.42. The molecule has 1 saturated carbocycles. The Labute approximate surface area is 211 Å². The smallest absolute Gasteiger partial charge is 0.267 e. The predicted molar refractivity (Wildman–Crippen MR) is 138 cm³/mol. The average molecular weight is 490 g/mol. The van der Waals surface area contributed by atoms with Crippen LogP contribution >= 0.6 is 0 Å². The molecule has 0 bridgehead atoms. The predicted octanol–water partition coefficient (Wildman–Crippen LogP) is 1.37. The summed E-state index contributed by atoms with van der Waals surface area (Å²) in [5.74, 6) is 10.0. The molecular formula is C27H31N5O4. The topological polar surface area (TPSA) is 146 Å². The molecule has 1 aliphatic rings. The maximum Gasteiger partial charge on any atom is 0.267 e. The highest BCUT2D eigenvalue weighted by molar-refractivity contribution is 5.97. The van der Waals surface area contributed by atoms with Gasteiger partial charge in [0.25, 0.3) is 11.8 Å². The zero-order chi connectivity index (χ0) is 25.0. The van der Waals surface area contributed by atoms with Crippen molar-refractivity contribution in [1.29, 1.82) is 0 Å². The number of nitrogens with two attached hydrogens (primary N) is 1. The van der Waals surface area contributed by atoms with Crippen LogP contribution in [0.25, 0.3) is 0 Å². The summed E-state index contributed by atoms with van der Waals surface area (Å²) in [7, 11) is 0. The third kappa shape index (κ3) is 8.57. The number of carbonyl (C=O) groups excluding carboxylic acids is 3. The molecule has 188 valence electrons. The van der Waals surface area contributed by atoms with Crippen molar-refractivity contribution in [1.82, 2.24) is 16.1 Å². The van der Waals surface area contributed by atoms with E-state index in [0.717, 1.165) is 18.4 Å². The lowest BCUT2D eigenvalue weighted by atomic mass is 9.93. The van der Waals surface area contributed by atoms with Gasteiger partial charge in [0.1, 0.15) is 6.04 Å². The van der Waals surface area contributed by atoms with Crippen LogP contribution in [0, 0.1) is 23.7 Å². The van der Waals surface area contributed by atoms with Crippen molar-refractivity contribution < 1.29 is 19.6 Å². The van der Waals surface area contributed by atoms with E-state index < -0.39 is 17.9 Å². The number of hydrogen-bond acceptors (Lipinski definition) is 6. The van der Waals surface area contributed by atoms with E-state index in [-0.39, 0.29) is 19.9 Å². The van der Waals surface area contributed by atoms with E-state index in [1.165, 1.54) is 11.9 Å². The molecule has 3 rings (SSSR count). The SMILES string of the molecule is C.NC[C@H](NC(=O)c1ccc(C#CC#Cc2ccc(NC(=O)CNC3CCC3)cc2)cc1)C(=O)NO. The zero-order valence-corrected chi connectivity index (χ0v) is 19.1. The summed E-state index contributed by atoms with van der Waals surface area (Å²) < 4.78 is 0. The van der Waals surface area contributed by atoms with E-state index in [1.807, 2.05) is 12.1 Å². The first-order valence-corrected chi connectivity index (χ1v) is 11.2. The second kappa shape index (κ2) is 14.3. The second-order valence-corrected chi connectivity index (χ2v) is 7.95. The summed E-state index contributed by atoms with van der Waals surface area (Å²) in [4.78, 5) is 35.6. The summed E-state index contributed by atoms with van der Waals surface area (Å²) in [5, 5.41) is 17.2. The molecule has 9 heteroatoms. The van der Waals surface area contributed by atoms with Crippen LogP contribution in [0.1, 0.15) is 48.2 Å². The van der Waals surface area contributed by atoms with Gasteiger partial charge in [0.05, 0.1) is 6.54 Å². The van der Waals surface area contributed by atoms with E-state index >= 15 is 0 Å². The molecule has 1 atom stereocenters. The summed E-state index contributed by atoms with van der Waals surface area (Å²) in [6.45, 7) is 0.151. The molecule has 0 saturated heterocycles. The van der Waals surface area contributed by atoms with Crippen LogP contribution in [0.3, 0.4) is 0 Å². The Morgan fingerprint density at radius 1 is 0.972 bits per heavy atom. The lowest BCUT2D eigenvalue weighted by Crippen LogP contribution is -2.50. The minimum absolute atomic E-state index is 0. The molecule has 0 aromatic heterocycles. The Balaban J connectivity index is 0.00000456. The number of amides is 3. The monoisotopic (exact) mass is 489 g/mol. The fourth-order valence-electron chi connectivity index (χ4n) is 3.15. The van der Waals surface area contributed by atoms with Crippen molar-refractivity contribution >= 4 is 23.4 Å². The largest absolute Gasteiger partial charge is 0.339 e. The van der Waals surface area contributed by atoms with Gasteiger partial charge in [-0.25, -0.2) is 5.48 Å². The van der Waals surface area contributed by atoms with Gasteiger partial charge in [-0.1, -0.05) is 25.7 Å². The fraction of sp³-hybridized carbons (Fsp3) is 0.296. The summed E-state index contributed by atoms with van der Waals surface area (Å²) in [6, 6.07) is 13.1. The molecule has 3 amide bonds. The lowest BCUT2D eigenvalue weighted by Gasteiger charge is -2.26. The molecule has 1 fully saturated rings. The first-order valence-electron chi connectivity index (χ1n) is 11.2. The molecule has 9 nitrogen and oxygen atoms in total. The zero-order valence-electron chi connectivity index (χ0n) is 19.1. The molecule has 0 aliphatic heterocycles. The molecule has 1 aliphatic carbocycles. The van der Waals surface area contributed by atoms with Crippen molar-refractivity contribution in [2.75, 3.05) is 18.4 Å². The molecule has 36 heavy (non-hydrogen) atoms. The first kappa shape index (κ1) is 28.1. The highest BCUT2D eigenvalue weighted by Gasteiger charge is 2.19. The molecule has 0 spiro atoms. The second-order valence-electron chi connectivity index (χ2n) is 7.95. The summed E-state index contributed by atoms with van der Waals surface area (Å²) in [6.07, 6.45) is 3.49. The van der Waals surface area contributed by atoms with Gasteiger partial charge in [-0.05, 0) is 73.2 Å². The van der Waals surface area contributed by atoms with Crippen LogP contribution in [0.5, 0.6) is 0 Å². The van der Waals surface area contributed by atoms with Crippen LogP contribution in [-0.2, 0) is 9.59 Å². The van der Waals surface area contributed by atoms with Crippen molar-refractivity contribution in [2.24, 2.45) is 5.73 Å². The Hall–Kier alpha value is -4.15. The van der Waals surface area contributed by atoms with E-state index in [4.69, 9.17) is 10.9 Å². The Morgan fingerprint density at radius 3 is 2.06 bits per heavy atom. The minimum Gasteiger partial charge on any atom is -0.339 e. The van der Waals surface area contributed by atoms with Gasteiger partial charge >= 0.3 is 0 Å². The van der Waals surface area contributed by atoms with Gasteiger partial charge in [-0.15, -0.1) is 0 Å². The highest BCUT2D eigenvalue weighted by atomic mass is 16.5. The Morgan fingerprint density at radius 2 is 1.56 bits per heavy atom. The summed E-state index contributed by atoms with van der Waals surface area (Å²) in [5.41, 5.74) is 9.33. The van der Waals surface area contributed by atoms with Crippen molar-refractivity contribution in [2.45, 2.75) is 38.8 Å². The average Bonchev–Trinajstić information content (AvgIpc) is 2.85. The van der Waals surface area contributed by atoms with E-state index in [1.54, 1.807) is 36.4 Å². The number of anilines is 1. The first-order chi connectivity index (χ1) is 17.0. The number of rotatable bonds is 8.